The lowest BCUT2D eigenvalue weighted by molar-refractivity contribution is 0.584. The third-order valence-corrected chi connectivity index (χ3v) is 3.10. The maximum Gasteiger partial charge on any atom is 0.0885 e. The van der Waals surface area contributed by atoms with Crippen LogP contribution in [-0.4, -0.2) is 15.0 Å². The lowest BCUT2D eigenvalue weighted by atomic mass is 10.0. The van der Waals surface area contributed by atoms with Gasteiger partial charge in [-0.25, -0.2) is 4.68 Å². The van der Waals surface area contributed by atoms with Crippen LogP contribution in [0.15, 0.2) is 30.5 Å². The van der Waals surface area contributed by atoms with E-state index >= 15 is 0 Å². The molecule has 0 radical (unpaired) electrons. The van der Waals surface area contributed by atoms with E-state index in [9.17, 15) is 0 Å². The number of nitrogens with zero attached hydrogens (tertiary/aromatic N) is 3. The standard InChI is InChI=1S/C14H20N4/c1-3-8-18-14(10-16-17-18)12-7-5-6-11(9-12)13(15)4-2/h5-7,9-10,13H,3-4,8,15H2,1-2H3. The van der Waals surface area contributed by atoms with Crippen molar-refractivity contribution in [3.63, 3.8) is 0 Å². The van der Waals surface area contributed by atoms with Gasteiger partial charge in [0.1, 0.15) is 0 Å². The fourth-order valence-corrected chi connectivity index (χ4v) is 2.02. The molecule has 96 valence electrons. The molecule has 2 aromatic rings. The number of aryl methyl sites for hydroxylation is 1. The van der Waals surface area contributed by atoms with Gasteiger partial charge in [0.2, 0.25) is 0 Å². The van der Waals surface area contributed by atoms with Crippen LogP contribution in [0, 0.1) is 0 Å². The third kappa shape index (κ3) is 2.59. The van der Waals surface area contributed by atoms with Gasteiger partial charge >= 0.3 is 0 Å². The zero-order valence-corrected chi connectivity index (χ0v) is 11.0. The summed E-state index contributed by atoms with van der Waals surface area (Å²) in [5, 5.41) is 8.11. The highest BCUT2D eigenvalue weighted by atomic mass is 15.4. The van der Waals surface area contributed by atoms with Gasteiger partial charge in [0, 0.05) is 18.2 Å². The lowest BCUT2D eigenvalue weighted by Gasteiger charge is -2.11. The highest BCUT2D eigenvalue weighted by Gasteiger charge is 2.09. The molecule has 0 saturated carbocycles. The van der Waals surface area contributed by atoms with Gasteiger partial charge in [-0.1, -0.05) is 37.3 Å². The van der Waals surface area contributed by atoms with Crippen LogP contribution in [0.2, 0.25) is 0 Å². The van der Waals surface area contributed by atoms with E-state index in [0.29, 0.717) is 0 Å². The molecule has 4 nitrogen and oxygen atoms in total. The molecule has 0 aliphatic heterocycles. The van der Waals surface area contributed by atoms with Gasteiger partial charge in [-0.05, 0) is 24.5 Å². The molecule has 1 aromatic heterocycles. The monoisotopic (exact) mass is 244 g/mol. The van der Waals surface area contributed by atoms with E-state index in [1.54, 1.807) is 0 Å². The topological polar surface area (TPSA) is 56.7 Å². The fraction of sp³-hybridized carbons (Fsp3) is 0.429. The Kier molecular flexibility index (Phi) is 4.10. The molecule has 1 heterocycles. The number of nitrogens with two attached hydrogens (primary N) is 1. The van der Waals surface area contributed by atoms with Gasteiger partial charge in [0.05, 0.1) is 11.9 Å². The lowest BCUT2D eigenvalue weighted by Crippen LogP contribution is -2.08. The minimum absolute atomic E-state index is 0.0976. The number of benzene rings is 1. The molecule has 0 aliphatic carbocycles. The molecule has 0 spiro atoms. The number of aromatic nitrogens is 3. The first-order chi connectivity index (χ1) is 8.76. The average Bonchev–Trinajstić information content (AvgIpc) is 2.87. The molecule has 1 aromatic carbocycles. The molecule has 0 saturated heterocycles. The molecule has 0 aliphatic rings. The van der Waals surface area contributed by atoms with Crippen LogP contribution in [0.1, 0.15) is 38.3 Å². The maximum atomic E-state index is 6.08. The van der Waals surface area contributed by atoms with Gasteiger partial charge in [-0.2, -0.15) is 0 Å². The molecular weight excluding hydrogens is 224 g/mol. The summed E-state index contributed by atoms with van der Waals surface area (Å²) in [5.74, 6) is 0. The average molecular weight is 244 g/mol. The molecule has 0 bridgehead atoms. The Hall–Kier alpha value is -1.68. The largest absolute Gasteiger partial charge is 0.324 e. The van der Waals surface area contributed by atoms with Crippen molar-refractivity contribution in [1.29, 1.82) is 0 Å². The summed E-state index contributed by atoms with van der Waals surface area (Å²) in [6.07, 6.45) is 3.80. The van der Waals surface area contributed by atoms with Crippen molar-refractivity contribution in [2.24, 2.45) is 5.73 Å². The van der Waals surface area contributed by atoms with Crippen molar-refractivity contribution >= 4 is 0 Å². The van der Waals surface area contributed by atoms with Crippen LogP contribution in [0.5, 0.6) is 0 Å². The van der Waals surface area contributed by atoms with Gasteiger partial charge in [0.15, 0.2) is 0 Å². The fourth-order valence-electron chi connectivity index (χ4n) is 2.02. The number of rotatable bonds is 5. The first-order valence-corrected chi connectivity index (χ1v) is 6.50. The van der Waals surface area contributed by atoms with Crippen LogP contribution in [0.4, 0.5) is 0 Å². The Labute approximate surface area is 108 Å². The van der Waals surface area contributed by atoms with E-state index in [2.05, 4.69) is 42.4 Å². The normalized spacial score (nSPS) is 12.6. The molecule has 1 unspecified atom stereocenters. The zero-order valence-electron chi connectivity index (χ0n) is 11.0. The zero-order chi connectivity index (χ0) is 13.0. The highest BCUT2D eigenvalue weighted by molar-refractivity contribution is 5.59. The quantitative estimate of drug-likeness (QED) is 0.879. The summed E-state index contributed by atoms with van der Waals surface area (Å²) in [6.45, 7) is 5.12. The van der Waals surface area contributed by atoms with Crippen LogP contribution in [-0.2, 0) is 6.54 Å². The summed E-state index contributed by atoms with van der Waals surface area (Å²) in [6, 6.07) is 8.44. The van der Waals surface area contributed by atoms with E-state index in [-0.39, 0.29) is 6.04 Å². The third-order valence-electron chi connectivity index (χ3n) is 3.10. The van der Waals surface area contributed by atoms with Crippen LogP contribution < -0.4 is 5.73 Å². The Morgan fingerprint density at radius 2 is 2.17 bits per heavy atom. The summed E-state index contributed by atoms with van der Waals surface area (Å²) in [7, 11) is 0. The van der Waals surface area contributed by atoms with Crippen molar-refractivity contribution in [1.82, 2.24) is 15.0 Å². The smallest absolute Gasteiger partial charge is 0.0885 e. The second-order valence-corrected chi connectivity index (χ2v) is 4.48. The Morgan fingerprint density at radius 3 is 2.89 bits per heavy atom. The van der Waals surface area contributed by atoms with E-state index in [0.717, 1.165) is 30.6 Å². The molecule has 0 amide bonds. The molecule has 2 rings (SSSR count). The second kappa shape index (κ2) is 5.78. The van der Waals surface area contributed by atoms with Crippen molar-refractivity contribution in [3.8, 4) is 11.3 Å². The SMILES string of the molecule is CCCn1nncc1-c1cccc(C(N)CC)c1. The van der Waals surface area contributed by atoms with Crippen molar-refractivity contribution in [2.45, 2.75) is 39.3 Å². The number of hydrogen-bond donors (Lipinski definition) is 1. The molecular formula is C14H20N4. The molecule has 18 heavy (non-hydrogen) atoms. The van der Waals surface area contributed by atoms with Crippen molar-refractivity contribution in [2.75, 3.05) is 0 Å². The Balaban J connectivity index is 2.35. The van der Waals surface area contributed by atoms with E-state index in [4.69, 9.17) is 5.73 Å². The first-order valence-electron chi connectivity index (χ1n) is 6.50. The summed E-state index contributed by atoms with van der Waals surface area (Å²) in [4.78, 5) is 0. The van der Waals surface area contributed by atoms with Crippen LogP contribution >= 0.6 is 0 Å². The summed E-state index contributed by atoms with van der Waals surface area (Å²) >= 11 is 0. The summed E-state index contributed by atoms with van der Waals surface area (Å²) < 4.78 is 1.94. The maximum absolute atomic E-state index is 6.08. The number of hydrogen-bond acceptors (Lipinski definition) is 3. The van der Waals surface area contributed by atoms with E-state index in [1.165, 1.54) is 5.56 Å². The predicted octanol–water partition coefficient (Wildman–Crippen LogP) is 2.76. The molecule has 0 fully saturated rings. The van der Waals surface area contributed by atoms with Crippen molar-refractivity contribution < 1.29 is 0 Å². The van der Waals surface area contributed by atoms with Gasteiger partial charge in [-0.3, -0.25) is 0 Å². The summed E-state index contributed by atoms with van der Waals surface area (Å²) in [5.41, 5.74) is 9.43. The Morgan fingerprint density at radius 1 is 1.33 bits per heavy atom. The molecule has 4 heteroatoms. The van der Waals surface area contributed by atoms with Crippen LogP contribution in [0.25, 0.3) is 11.3 Å². The van der Waals surface area contributed by atoms with Gasteiger partial charge < -0.3 is 5.73 Å². The van der Waals surface area contributed by atoms with Crippen LogP contribution in [0.3, 0.4) is 0 Å². The minimum atomic E-state index is 0.0976. The Bertz CT molecular complexity index is 504. The first kappa shape index (κ1) is 12.8. The van der Waals surface area contributed by atoms with E-state index < -0.39 is 0 Å². The predicted molar refractivity (Wildman–Crippen MR) is 73.0 cm³/mol. The van der Waals surface area contributed by atoms with Gasteiger partial charge in [0.25, 0.3) is 0 Å². The van der Waals surface area contributed by atoms with Crippen molar-refractivity contribution in [3.05, 3.63) is 36.0 Å². The minimum Gasteiger partial charge on any atom is -0.324 e. The molecule has 1 atom stereocenters. The van der Waals surface area contributed by atoms with Gasteiger partial charge in [-0.15, -0.1) is 5.10 Å². The van der Waals surface area contributed by atoms with E-state index in [1.807, 2.05) is 16.9 Å². The highest BCUT2D eigenvalue weighted by Crippen LogP contribution is 2.23. The second-order valence-electron chi connectivity index (χ2n) is 4.48. The molecule has 2 N–H and O–H groups in total.